The monoisotopic (exact) mass is 553 g/mol. The van der Waals surface area contributed by atoms with Crippen LogP contribution in [0.2, 0.25) is 0 Å². The molecule has 0 radical (unpaired) electrons. The van der Waals surface area contributed by atoms with Crippen molar-refractivity contribution in [2.75, 3.05) is 12.3 Å². The second kappa shape index (κ2) is 10.3. The van der Waals surface area contributed by atoms with Crippen LogP contribution in [0, 0.1) is 5.92 Å². The van der Waals surface area contributed by atoms with Crippen molar-refractivity contribution in [1.29, 1.82) is 0 Å². The number of nitrogens with two attached hydrogens (primary N) is 1. The maximum absolute atomic E-state index is 14.5. The van der Waals surface area contributed by atoms with Crippen molar-refractivity contribution in [2.45, 2.75) is 44.7 Å². The van der Waals surface area contributed by atoms with Gasteiger partial charge in [-0.05, 0) is 60.7 Å². The maximum Gasteiger partial charge on any atom is 0.341 e. The summed E-state index contributed by atoms with van der Waals surface area (Å²) in [5.74, 6) is -0.0416. The van der Waals surface area contributed by atoms with Crippen molar-refractivity contribution in [2.24, 2.45) is 5.92 Å². The summed E-state index contributed by atoms with van der Waals surface area (Å²) in [6, 6.07) is 5.54. The Morgan fingerprint density at radius 2 is 1.94 bits per heavy atom. The number of alkyl halides is 1. The average molecular weight is 554 g/mol. The van der Waals surface area contributed by atoms with Gasteiger partial charge in [0.05, 0.1) is 23.0 Å². The molecule has 0 bridgehead atoms. The van der Waals surface area contributed by atoms with Crippen molar-refractivity contribution in [3.8, 4) is 22.6 Å². The third-order valence-electron chi connectivity index (χ3n) is 6.60. The third-order valence-corrected chi connectivity index (χ3v) is 7.41. The number of hydrogen-bond acceptors (Lipinski definition) is 8. The van der Waals surface area contributed by atoms with E-state index in [9.17, 15) is 9.18 Å². The van der Waals surface area contributed by atoms with Gasteiger partial charge in [-0.1, -0.05) is 6.07 Å². The molecule has 9 nitrogen and oxygen atoms in total. The van der Waals surface area contributed by atoms with Crippen LogP contribution >= 0.6 is 15.9 Å². The lowest BCUT2D eigenvalue weighted by Gasteiger charge is -2.30. The molecule has 4 aromatic rings. The molecule has 36 heavy (non-hydrogen) atoms. The molecule has 1 unspecified atom stereocenters. The largest absolute Gasteiger partial charge is 0.464 e. The summed E-state index contributed by atoms with van der Waals surface area (Å²) >= 11 is 3.60. The molecule has 1 aliphatic carbocycles. The van der Waals surface area contributed by atoms with E-state index in [-0.39, 0.29) is 18.4 Å². The summed E-state index contributed by atoms with van der Waals surface area (Å²) in [7, 11) is 0. The number of rotatable bonds is 6. The summed E-state index contributed by atoms with van der Waals surface area (Å²) in [6.45, 7) is 1.86. The van der Waals surface area contributed by atoms with E-state index in [4.69, 9.17) is 15.5 Å². The molecular weight excluding hydrogens is 529 g/mol. The number of anilines is 1. The number of ether oxygens (including phenoxy) is 1. The number of halogens is 2. The van der Waals surface area contributed by atoms with Crippen LogP contribution in [-0.4, -0.2) is 48.3 Å². The van der Waals surface area contributed by atoms with Gasteiger partial charge < -0.3 is 10.5 Å². The zero-order valence-corrected chi connectivity index (χ0v) is 21.2. The molecule has 4 aromatic heterocycles. The minimum atomic E-state index is -1.59. The summed E-state index contributed by atoms with van der Waals surface area (Å²) < 4.78 is 21.7. The first kappa shape index (κ1) is 24.2. The van der Waals surface area contributed by atoms with Gasteiger partial charge in [0, 0.05) is 41.6 Å². The first-order valence-electron chi connectivity index (χ1n) is 11.8. The van der Waals surface area contributed by atoms with E-state index >= 15 is 0 Å². The van der Waals surface area contributed by atoms with Crippen LogP contribution in [-0.2, 0) is 9.53 Å². The zero-order chi connectivity index (χ0) is 25.2. The van der Waals surface area contributed by atoms with Crippen LogP contribution in [0.1, 0.15) is 44.2 Å². The number of fused-ring (bicyclic) bond motifs is 1. The lowest BCUT2D eigenvalue weighted by molar-refractivity contribution is -0.151. The molecule has 1 atom stereocenters. The Kier molecular flexibility index (Phi) is 6.90. The molecule has 186 valence electrons. The van der Waals surface area contributed by atoms with E-state index in [0.29, 0.717) is 53.1 Å². The summed E-state index contributed by atoms with van der Waals surface area (Å²) in [4.78, 5) is 29.8. The second-order valence-corrected chi connectivity index (χ2v) is 9.55. The van der Waals surface area contributed by atoms with Crippen LogP contribution in [0.25, 0.3) is 28.3 Å². The smallest absolute Gasteiger partial charge is 0.341 e. The number of nitrogens with zero attached hydrogens (tertiary/aromatic N) is 6. The van der Waals surface area contributed by atoms with E-state index in [1.807, 2.05) is 12.1 Å². The number of nitrogen functional groups attached to an aromatic ring is 1. The van der Waals surface area contributed by atoms with Crippen LogP contribution in [0.4, 0.5) is 10.2 Å². The number of hydrogen-bond donors (Lipinski definition) is 1. The maximum atomic E-state index is 14.5. The van der Waals surface area contributed by atoms with E-state index < -0.39 is 12.1 Å². The number of carbonyl (C=O) groups excluding carboxylic acids is 1. The highest BCUT2D eigenvalue weighted by Crippen LogP contribution is 2.42. The quantitative estimate of drug-likeness (QED) is 0.339. The summed E-state index contributed by atoms with van der Waals surface area (Å²) in [5.41, 5.74) is 10.2. The topological polar surface area (TPSA) is 121 Å². The number of pyridine rings is 1. The minimum absolute atomic E-state index is 0.0794. The third kappa shape index (κ3) is 4.55. The Morgan fingerprint density at radius 3 is 2.61 bits per heavy atom. The molecular formula is C25H25BrFN7O2. The van der Waals surface area contributed by atoms with E-state index in [1.165, 1.54) is 0 Å². The molecule has 5 rings (SSSR count). The van der Waals surface area contributed by atoms with Crippen molar-refractivity contribution in [1.82, 2.24) is 29.5 Å². The molecule has 0 aliphatic heterocycles. The Morgan fingerprint density at radius 1 is 1.19 bits per heavy atom. The van der Waals surface area contributed by atoms with E-state index in [1.54, 1.807) is 42.3 Å². The Hall–Kier alpha value is -3.47. The predicted octanol–water partition coefficient (Wildman–Crippen LogP) is 4.77. The van der Waals surface area contributed by atoms with Gasteiger partial charge in [-0.15, -0.1) is 0 Å². The summed E-state index contributed by atoms with van der Waals surface area (Å²) in [6.07, 6.45) is 7.75. The van der Waals surface area contributed by atoms with Crippen LogP contribution < -0.4 is 5.73 Å². The first-order chi connectivity index (χ1) is 17.5. The predicted molar refractivity (Wildman–Crippen MR) is 136 cm³/mol. The fraction of sp³-hybridized carbons (Fsp3) is 0.360. The minimum Gasteiger partial charge on any atom is -0.464 e. The zero-order valence-electron chi connectivity index (χ0n) is 19.6. The van der Waals surface area contributed by atoms with Gasteiger partial charge in [0.2, 0.25) is 0 Å². The highest BCUT2D eigenvalue weighted by atomic mass is 79.9. The van der Waals surface area contributed by atoms with Crippen LogP contribution in [0.5, 0.6) is 0 Å². The molecule has 0 amide bonds. The number of carbonyl (C=O) groups is 1. The highest BCUT2D eigenvalue weighted by molar-refractivity contribution is 9.10. The van der Waals surface area contributed by atoms with Gasteiger partial charge in [-0.25, -0.2) is 24.1 Å². The number of esters is 1. The van der Waals surface area contributed by atoms with Gasteiger partial charge in [-0.2, -0.15) is 9.61 Å². The van der Waals surface area contributed by atoms with E-state index in [0.717, 1.165) is 16.8 Å². The lowest BCUT2D eigenvalue weighted by atomic mass is 9.78. The molecule has 0 saturated heterocycles. The van der Waals surface area contributed by atoms with Gasteiger partial charge >= 0.3 is 5.97 Å². The molecule has 1 aliphatic rings. The van der Waals surface area contributed by atoms with Crippen molar-refractivity contribution in [3.63, 3.8) is 0 Å². The average Bonchev–Trinajstić information content (AvgIpc) is 3.35. The molecule has 0 spiro atoms. The van der Waals surface area contributed by atoms with Gasteiger partial charge in [0.15, 0.2) is 17.6 Å². The van der Waals surface area contributed by atoms with Crippen molar-refractivity contribution < 1.29 is 13.9 Å². The van der Waals surface area contributed by atoms with Crippen LogP contribution in [0.3, 0.4) is 0 Å². The highest BCUT2D eigenvalue weighted by Gasteiger charge is 2.35. The SMILES string of the molecule is CCOC(=O)C(F)[C@H]1CC[C@@H](c2nc3c(-c4ccc(-c5ncccn5)nc4)cnn3c(N)c2Br)CC1. The van der Waals surface area contributed by atoms with Crippen molar-refractivity contribution in [3.05, 3.63) is 53.2 Å². The Labute approximate surface area is 215 Å². The fourth-order valence-corrected chi connectivity index (χ4v) is 5.28. The van der Waals surface area contributed by atoms with Crippen LogP contribution in [0.15, 0.2) is 47.5 Å². The van der Waals surface area contributed by atoms with Gasteiger partial charge in [-0.3, -0.25) is 4.98 Å². The Bertz CT molecular complexity index is 1370. The fourth-order valence-electron chi connectivity index (χ4n) is 4.70. The van der Waals surface area contributed by atoms with Gasteiger partial charge in [0.25, 0.3) is 0 Å². The second-order valence-electron chi connectivity index (χ2n) is 8.76. The Balaban J connectivity index is 1.41. The molecule has 0 aromatic carbocycles. The van der Waals surface area contributed by atoms with Crippen molar-refractivity contribution >= 4 is 33.4 Å². The van der Waals surface area contributed by atoms with Gasteiger partial charge in [0.1, 0.15) is 11.5 Å². The summed E-state index contributed by atoms with van der Waals surface area (Å²) in [5, 5.41) is 4.44. The molecule has 4 heterocycles. The lowest BCUT2D eigenvalue weighted by Crippen LogP contribution is -2.30. The molecule has 1 fully saturated rings. The number of aromatic nitrogens is 6. The molecule has 1 saturated carbocycles. The normalized spacial score (nSPS) is 18.8. The standard InChI is InChI=1S/C25H25BrFN7O2/c1-2-36-25(35)20(27)14-4-6-15(7-5-14)21-19(26)22(28)34-24(33-21)17(13-32-34)16-8-9-18(31-12-16)23-29-10-3-11-30-23/h3,8-15,20H,2,4-7,28H2,1H3/t14-,15+,20?. The first-order valence-corrected chi connectivity index (χ1v) is 12.6. The molecule has 2 N–H and O–H groups in total. The van der Waals surface area contributed by atoms with E-state index in [2.05, 4.69) is 36.0 Å². The molecule has 11 heteroatoms.